The van der Waals surface area contributed by atoms with Crippen molar-refractivity contribution in [3.63, 3.8) is 0 Å². The molecule has 106 valence electrons. The molecule has 1 aromatic carbocycles. The Morgan fingerprint density at radius 2 is 2.35 bits per heavy atom. The average Bonchev–Trinajstić information content (AvgIpc) is 2.89. The van der Waals surface area contributed by atoms with Crippen LogP contribution in [0.25, 0.3) is 0 Å². The van der Waals surface area contributed by atoms with Gasteiger partial charge in [-0.3, -0.25) is 4.79 Å². The molecule has 1 aliphatic rings. The maximum atomic E-state index is 12.4. The molecule has 1 aromatic rings. The van der Waals surface area contributed by atoms with E-state index in [1.165, 1.54) is 0 Å². The molecule has 2 rings (SSSR count). The van der Waals surface area contributed by atoms with Gasteiger partial charge in [-0.2, -0.15) is 5.26 Å². The first kappa shape index (κ1) is 14.5. The van der Waals surface area contributed by atoms with Crippen molar-refractivity contribution in [3.05, 3.63) is 35.4 Å². The quantitative estimate of drug-likeness (QED) is 0.846. The lowest BCUT2D eigenvalue weighted by atomic mass is 9.98. The number of carbonyl (C=O) groups excluding carboxylic acids is 1. The van der Waals surface area contributed by atoms with Crippen molar-refractivity contribution >= 4 is 5.91 Å². The molecule has 2 N–H and O–H groups in total. The van der Waals surface area contributed by atoms with Crippen LogP contribution in [0.5, 0.6) is 0 Å². The lowest BCUT2D eigenvalue weighted by molar-refractivity contribution is -0.132. The van der Waals surface area contributed by atoms with E-state index in [0.717, 1.165) is 5.56 Å². The number of β-amino-alcohol motifs (C(OH)–C–C–N with tert-alkyl or cyclic N) is 1. The van der Waals surface area contributed by atoms with E-state index in [9.17, 15) is 9.90 Å². The molecule has 0 spiro atoms. The summed E-state index contributed by atoms with van der Waals surface area (Å²) in [5, 5.41) is 28.0. The van der Waals surface area contributed by atoms with Gasteiger partial charge < -0.3 is 15.1 Å². The standard InChI is InChI=1S/C15H18N2O3/c1-11(13-4-2-3-12(7-13)8-16)14(19)17-6-5-15(20,9-17)10-18/h2-4,7,11,18,20H,5-6,9-10H2,1H3. The highest BCUT2D eigenvalue weighted by molar-refractivity contribution is 5.83. The molecule has 0 aromatic heterocycles. The summed E-state index contributed by atoms with van der Waals surface area (Å²) in [4.78, 5) is 14.0. The summed E-state index contributed by atoms with van der Waals surface area (Å²) in [7, 11) is 0. The SMILES string of the molecule is CC(C(=O)N1CCC(O)(CO)C1)c1cccc(C#N)c1. The van der Waals surface area contributed by atoms with Gasteiger partial charge >= 0.3 is 0 Å². The number of likely N-dealkylation sites (tertiary alicyclic amines) is 1. The fourth-order valence-corrected chi connectivity index (χ4v) is 2.47. The molecule has 0 saturated carbocycles. The summed E-state index contributed by atoms with van der Waals surface area (Å²) < 4.78 is 0. The van der Waals surface area contributed by atoms with Crippen LogP contribution in [0.4, 0.5) is 0 Å². The highest BCUT2D eigenvalue weighted by Gasteiger charge is 2.38. The van der Waals surface area contributed by atoms with Crippen LogP contribution in [-0.2, 0) is 4.79 Å². The largest absolute Gasteiger partial charge is 0.393 e. The fourth-order valence-electron chi connectivity index (χ4n) is 2.47. The first-order valence-corrected chi connectivity index (χ1v) is 6.61. The van der Waals surface area contributed by atoms with Gasteiger partial charge in [-0.15, -0.1) is 0 Å². The molecular weight excluding hydrogens is 256 g/mol. The second kappa shape index (κ2) is 5.61. The van der Waals surface area contributed by atoms with E-state index in [1.54, 1.807) is 30.0 Å². The molecule has 5 heteroatoms. The summed E-state index contributed by atoms with van der Waals surface area (Å²) in [6.07, 6.45) is 0.389. The highest BCUT2D eigenvalue weighted by atomic mass is 16.3. The topological polar surface area (TPSA) is 84.6 Å². The summed E-state index contributed by atoms with van der Waals surface area (Å²) in [5.74, 6) is -0.464. The number of amides is 1. The lowest BCUT2D eigenvalue weighted by Gasteiger charge is -2.23. The number of nitrogens with zero attached hydrogens (tertiary/aromatic N) is 2. The van der Waals surface area contributed by atoms with Crippen LogP contribution in [0.3, 0.4) is 0 Å². The minimum atomic E-state index is -1.18. The van der Waals surface area contributed by atoms with Crippen molar-refractivity contribution < 1.29 is 15.0 Å². The normalized spacial score (nSPS) is 23.4. The number of rotatable bonds is 3. The van der Waals surface area contributed by atoms with Gasteiger partial charge in [0, 0.05) is 6.54 Å². The van der Waals surface area contributed by atoms with E-state index in [4.69, 9.17) is 10.4 Å². The zero-order valence-corrected chi connectivity index (χ0v) is 11.4. The van der Waals surface area contributed by atoms with Gasteiger partial charge in [0.05, 0.1) is 30.7 Å². The zero-order valence-electron chi connectivity index (χ0n) is 11.4. The van der Waals surface area contributed by atoms with Gasteiger partial charge in [0.25, 0.3) is 0 Å². The van der Waals surface area contributed by atoms with Crippen molar-refractivity contribution in [2.45, 2.75) is 24.9 Å². The van der Waals surface area contributed by atoms with Crippen molar-refractivity contribution in [1.29, 1.82) is 5.26 Å². The first-order chi connectivity index (χ1) is 9.49. The van der Waals surface area contributed by atoms with Gasteiger partial charge in [-0.1, -0.05) is 12.1 Å². The van der Waals surface area contributed by atoms with Gasteiger partial charge in [-0.05, 0) is 31.0 Å². The molecule has 0 radical (unpaired) electrons. The molecule has 1 saturated heterocycles. The third-order valence-electron chi connectivity index (χ3n) is 3.82. The maximum Gasteiger partial charge on any atom is 0.229 e. The number of nitriles is 1. The average molecular weight is 274 g/mol. The zero-order chi connectivity index (χ0) is 14.8. The van der Waals surface area contributed by atoms with E-state index in [1.807, 2.05) is 6.07 Å². The minimum Gasteiger partial charge on any atom is -0.393 e. The van der Waals surface area contributed by atoms with Crippen molar-refractivity contribution in [2.75, 3.05) is 19.7 Å². The molecule has 20 heavy (non-hydrogen) atoms. The predicted octanol–water partition coefficient (Wildman–Crippen LogP) is 0.617. The van der Waals surface area contributed by atoms with Crippen LogP contribution in [0.2, 0.25) is 0 Å². The Morgan fingerprint density at radius 1 is 1.60 bits per heavy atom. The summed E-state index contributed by atoms with van der Waals surface area (Å²) >= 11 is 0. The summed E-state index contributed by atoms with van der Waals surface area (Å²) in [6.45, 7) is 2.05. The molecular formula is C15H18N2O3. The third-order valence-corrected chi connectivity index (χ3v) is 3.82. The molecule has 0 bridgehead atoms. The molecule has 1 fully saturated rings. The number of aliphatic hydroxyl groups excluding tert-OH is 1. The Labute approximate surface area is 118 Å². The van der Waals surface area contributed by atoms with Gasteiger partial charge in [0.2, 0.25) is 5.91 Å². The van der Waals surface area contributed by atoms with Gasteiger partial charge in [0.15, 0.2) is 0 Å². The van der Waals surface area contributed by atoms with Gasteiger partial charge in [-0.25, -0.2) is 0 Å². The number of hydrogen-bond donors (Lipinski definition) is 2. The van der Waals surface area contributed by atoms with E-state index >= 15 is 0 Å². The van der Waals surface area contributed by atoms with Gasteiger partial charge in [0.1, 0.15) is 5.60 Å². The van der Waals surface area contributed by atoms with Crippen LogP contribution in [0.1, 0.15) is 30.4 Å². The van der Waals surface area contributed by atoms with Crippen LogP contribution in [-0.4, -0.2) is 46.3 Å². The number of aliphatic hydroxyl groups is 2. The molecule has 1 aliphatic heterocycles. The Balaban J connectivity index is 2.11. The highest BCUT2D eigenvalue weighted by Crippen LogP contribution is 2.25. The third kappa shape index (κ3) is 2.82. The smallest absolute Gasteiger partial charge is 0.229 e. The van der Waals surface area contributed by atoms with Crippen molar-refractivity contribution in [1.82, 2.24) is 4.90 Å². The lowest BCUT2D eigenvalue weighted by Crippen LogP contribution is -2.40. The van der Waals surface area contributed by atoms with E-state index in [-0.39, 0.29) is 25.0 Å². The molecule has 0 aliphatic carbocycles. The fraction of sp³-hybridized carbons (Fsp3) is 0.467. The second-order valence-corrected chi connectivity index (χ2v) is 5.35. The van der Waals surface area contributed by atoms with E-state index in [0.29, 0.717) is 18.5 Å². The molecule has 2 unspecified atom stereocenters. The Bertz CT molecular complexity index is 552. The number of hydrogen-bond acceptors (Lipinski definition) is 4. The van der Waals surface area contributed by atoms with Crippen LogP contribution >= 0.6 is 0 Å². The van der Waals surface area contributed by atoms with Crippen LogP contribution in [0, 0.1) is 11.3 Å². The molecule has 1 heterocycles. The number of carbonyl (C=O) groups is 1. The minimum absolute atomic E-state index is 0.0931. The monoisotopic (exact) mass is 274 g/mol. The van der Waals surface area contributed by atoms with Crippen molar-refractivity contribution in [3.8, 4) is 6.07 Å². The van der Waals surface area contributed by atoms with Crippen molar-refractivity contribution in [2.24, 2.45) is 0 Å². The molecule has 5 nitrogen and oxygen atoms in total. The van der Waals surface area contributed by atoms with Crippen LogP contribution < -0.4 is 0 Å². The van der Waals surface area contributed by atoms with Crippen LogP contribution in [0.15, 0.2) is 24.3 Å². The van der Waals surface area contributed by atoms with E-state index in [2.05, 4.69) is 6.07 Å². The molecule has 2 atom stereocenters. The Morgan fingerprint density at radius 3 is 2.95 bits per heavy atom. The Hall–Kier alpha value is -1.90. The maximum absolute atomic E-state index is 12.4. The Kier molecular flexibility index (Phi) is 4.07. The van der Waals surface area contributed by atoms with E-state index < -0.39 is 5.60 Å². The summed E-state index contributed by atoms with van der Waals surface area (Å²) in [6, 6.07) is 9.03. The predicted molar refractivity (Wildman–Crippen MR) is 72.8 cm³/mol. The first-order valence-electron chi connectivity index (χ1n) is 6.61. The second-order valence-electron chi connectivity index (χ2n) is 5.35. The number of benzene rings is 1. The molecule has 1 amide bonds. The summed E-state index contributed by atoms with van der Waals surface area (Å²) in [5.41, 5.74) is 0.132.